The maximum absolute atomic E-state index is 2.40. The third kappa shape index (κ3) is 2.62. The average Bonchev–Trinajstić information content (AvgIpc) is 2.03. The lowest BCUT2D eigenvalue weighted by Gasteiger charge is -2.25. The summed E-state index contributed by atoms with van der Waals surface area (Å²) in [7, 11) is 0. The van der Waals surface area contributed by atoms with E-state index in [2.05, 4.69) is 36.3 Å². The lowest BCUT2D eigenvalue weighted by atomic mass is 10.2. The fourth-order valence-electron chi connectivity index (χ4n) is 1.11. The minimum Gasteiger partial charge on any atom is -0.370 e. The van der Waals surface area contributed by atoms with Crippen LogP contribution < -0.4 is 0 Å². The number of hydrogen-bond donors (Lipinski definition) is 0. The van der Waals surface area contributed by atoms with Gasteiger partial charge in [0.1, 0.15) is 0 Å². The Balaban J connectivity index is 2.35. The highest BCUT2D eigenvalue weighted by atomic mass is 32.2. The monoisotopic (exact) mass is 169 g/mol. The third-order valence-corrected chi connectivity index (χ3v) is 2.45. The Morgan fingerprint density at radius 2 is 2.45 bits per heavy atom. The highest BCUT2D eigenvalue weighted by Gasteiger charge is 2.03. The minimum absolute atomic E-state index is 1.09. The lowest BCUT2D eigenvalue weighted by Crippen LogP contribution is -2.25. The quantitative estimate of drug-likeness (QED) is 0.636. The van der Waals surface area contributed by atoms with E-state index in [4.69, 9.17) is 0 Å². The molecule has 1 rings (SSSR count). The highest BCUT2D eigenvalue weighted by molar-refractivity contribution is 7.98. The standard InChI is InChI=1S/C9H15NS/c1-9-5-3-4-6-10(9)7-8-11-2/h3-5H,6-8H2,1-2H3. The molecule has 0 aliphatic carbocycles. The second-order valence-corrected chi connectivity index (χ2v) is 3.66. The molecule has 0 spiro atoms. The molecule has 2 heteroatoms. The van der Waals surface area contributed by atoms with Crippen LogP contribution in [0, 0.1) is 0 Å². The van der Waals surface area contributed by atoms with Crippen molar-refractivity contribution in [2.24, 2.45) is 0 Å². The van der Waals surface area contributed by atoms with Gasteiger partial charge in [-0.25, -0.2) is 0 Å². The van der Waals surface area contributed by atoms with Crippen molar-refractivity contribution in [1.29, 1.82) is 0 Å². The highest BCUT2D eigenvalue weighted by Crippen LogP contribution is 2.09. The van der Waals surface area contributed by atoms with E-state index in [1.165, 1.54) is 18.0 Å². The number of nitrogens with zero attached hydrogens (tertiary/aromatic N) is 1. The van der Waals surface area contributed by atoms with Crippen LogP contribution in [0.1, 0.15) is 6.92 Å². The van der Waals surface area contributed by atoms with Crippen molar-refractivity contribution in [1.82, 2.24) is 4.90 Å². The number of hydrogen-bond acceptors (Lipinski definition) is 2. The lowest BCUT2D eigenvalue weighted by molar-refractivity contribution is 0.401. The molecule has 0 aromatic carbocycles. The summed E-state index contributed by atoms with van der Waals surface area (Å²) >= 11 is 1.90. The molecule has 0 radical (unpaired) electrons. The summed E-state index contributed by atoms with van der Waals surface area (Å²) in [5, 5.41) is 0. The summed E-state index contributed by atoms with van der Waals surface area (Å²) in [6.45, 7) is 4.43. The van der Waals surface area contributed by atoms with E-state index >= 15 is 0 Å². The van der Waals surface area contributed by atoms with Crippen LogP contribution in [0.4, 0.5) is 0 Å². The van der Waals surface area contributed by atoms with Crippen molar-refractivity contribution >= 4 is 11.8 Å². The summed E-state index contributed by atoms with van der Waals surface area (Å²) in [5.41, 5.74) is 1.39. The number of thioether (sulfide) groups is 1. The summed E-state index contributed by atoms with van der Waals surface area (Å²) in [5.74, 6) is 1.22. The van der Waals surface area contributed by atoms with Gasteiger partial charge in [-0.2, -0.15) is 11.8 Å². The summed E-state index contributed by atoms with van der Waals surface area (Å²) in [4.78, 5) is 2.40. The Labute approximate surface area is 73.2 Å². The number of rotatable bonds is 3. The van der Waals surface area contributed by atoms with E-state index in [9.17, 15) is 0 Å². The molecule has 62 valence electrons. The Hall–Kier alpha value is -0.370. The van der Waals surface area contributed by atoms with E-state index in [1.807, 2.05) is 11.8 Å². The van der Waals surface area contributed by atoms with Crippen molar-refractivity contribution < 1.29 is 0 Å². The van der Waals surface area contributed by atoms with Gasteiger partial charge in [0.15, 0.2) is 0 Å². The van der Waals surface area contributed by atoms with Gasteiger partial charge in [0, 0.05) is 24.5 Å². The van der Waals surface area contributed by atoms with Gasteiger partial charge in [-0.05, 0) is 19.3 Å². The molecule has 1 aliphatic rings. The topological polar surface area (TPSA) is 3.24 Å². The summed E-state index contributed by atoms with van der Waals surface area (Å²) in [6, 6.07) is 0. The van der Waals surface area contributed by atoms with E-state index < -0.39 is 0 Å². The van der Waals surface area contributed by atoms with Gasteiger partial charge in [-0.1, -0.05) is 12.2 Å². The molecule has 0 saturated carbocycles. The Morgan fingerprint density at radius 3 is 3.09 bits per heavy atom. The third-order valence-electron chi connectivity index (χ3n) is 1.86. The molecule has 0 N–H and O–H groups in total. The zero-order valence-corrected chi connectivity index (χ0v) is 8.03. The predicted octanol–water partition coefficient (Wildman–Crippen LogP) is 2.12. The first-order valence-electron chi connectivity index (χ1n) is 3.92. The fraction of sp³-hybridized carbons (Fsp3) is 0.556. The van der Waals surface area contributed by atoms with Crippen LogP contribution in [-0.4, -0.2) is 30.0 Å². The van der Waals surface area contributed by atoms with E-state index in [-0.39, 0.29) is 0 Å². The molecule has 1 aliphatic heterocycles. The molecular weight excluding hydrogens is 154 g/mol. The van der Waals surface area contributed by atoms with Crippen LogP contribution >= 0.6 is 11.8 Å². The van der Waals surface area contributed by atoms with Gasteiger partial charge in [-0.3, -0.25) is 0 Å². The van der Waals surface area contributed by atoms with Gasteiger partial charge < -0.3 is 4.90 Å². The molecule has 0 bridgehead atoms. The maximum Gasteiger partial charge on any atom is 0.0359 e. The zero-order chi connectivity index (χ0) is 8.10. The number of allylic oxidation sites excluding steroid dienone is 3. The molecule has 0 aromatic rings. The SMILES string of the molecule is CSCCN1CC=CC=C1C. The first-order chi connectivity index (χ1) is 5.34. The van der Waals surface area contributed by atoms with Gasteiger partial charge >= 0.3 is 0 Å². The molecule has 0 amide bonds. The fourth-order valence-corrected chi connectivity index (χ4v) is 1.52. The van der Waals surface area contributed by atoms with Crippen molar-refractivity contribution in [3.8, 4) is 0 Å². The van der Waals surface area contributed by atoms with Crippen LogP contribution in [0.2, 0.25) is 0 Å². The van der Waals surface area contributed by atoms with Crippen LogP contribution in [-0.2, 0) is 0 Å². The molecule has 0 unspecified atom stereocenters. The Morgan fingerprint density at radius 1 is 1.64 bits per heavy atom. The predicted molar refractivity (Wildman–Crippen MR) is 52.9 cm³/mol. The Bertz CT molecular complexity index is 172. The second kappa shape index (κ2) is 4.50. The van der Waals surface area contributed by atoms with Gasteiger partial charge in [-0.15, -0.1) is 0 Å². The Kier molecular flexibility index (Phi) is 3.57. The maximum atomic E-state index is 2.40. The molecular formula is C9H15NS. The molecule has 1 nitrogen and oxygen atoms in total. The molecule has 0 atom stereocenters. The van der Waals surface area contributed by atoms with E-state index in [1.54, 1.807) is 0 Å². The van der Waals surface area contributed by atoms with Crippen LogP contribution in [0.5, 0.6) is 0 Å². The normalized spacial score (nSPS) is 16.9. The van der Waals surface area contributed by atoms with E-state index in [0.717, 1.165) is 6.54 Å². The molecule has 1 heterocycles. The molecule has 0 aromatic heterocycles. The van der Waals surface area contributed by atoms with Crippen molar-refractivity contribution in [3.63, 3.8) is 0 Å². The molecule has 11 heavy (non-hydrogen) atoms. The van der Waals surface area contributed by atoms with Crippen LogP contribution in [0.25, 0.3) is 0 Å². The average molecular weight is 169 g/mol. The second-order valence-electron chi connectivity index (χ2n) is 2.68. The van der Waals surface area contributed by atoms with Crippen molar-refractivity contribution in [3.05, 3.63) is 23.9 Å². The molecule has 0 saturated heterocycles. The van der Waals surface area contributed by atoms with Gasteiger partial charge in [0.25, 0.3) is 0 Å². The minimum atomic E-state index is 1.09. The summed E-state index contributed by atoms with van der Waals surface area (Å²) in [6.07, 6.45) is 8.65. The van der Waals surface area contributed by atoms with Gasteiger partial charge in [0.2, 0.25) is 0 Å². The van der Waals surface area contributed by atoms with Gasteiger partial charge in [0.05, 0.1) is 0 Å². The summed E-state index contributed by atoms with van der Waals surface area (Å²) < 4.78 is 0. The van der Waals surface area contributed by atoms with Crippen molar-refractivity contribution in [2.45, 2.75) is 6.92 Å². The van der Waals surface area contributed by atoms with Crippen LogP contribution in [0.15, 0.2) is 23.9 Å². The first kappa shape index (κ1) is 8.72. The molecule has 0 fully saturated rings. The van der Waals surface area contributed by atoms with Crippen molar-refractivity contribution in [2.75, 3.05) is 25.1 Å². The van der Waals surface area contributed by atoms with E-state index in [0.29, 0.717) is 0 Å². The largest absolute Gasteiger partial charge is 0.370 e. The first-order valence-corrected chi connectivity index (χ1v) is 5.31. The zero-order valence-electron chi connectivity index (χ0n) is 7.21. The van der Waals surface area contributed by atoms with Crippen LogP contribution in [0.3, 0.4) is 0 Å². The smallest absolute Gasteiger partial charge is 0.0359 e.